The summed E-state index contributed by atoms with van der Waals surface area (Å²) >= 11 is 6.49. The van der Waals surface area contributed by atoms with Gasteiger partial charge in [-0.25, -0.2) is 9.59 Å². The minimum absolute atomic E-state index is 0.0351. The van der Waals surface area contributed by atoms with E-state index in [4.69, 9.17) is 31.2 Å². The van der Waals surface area contributed by atoms with Gasteiger partial charge in [-0.2, -0.15) is 0 Å². The highest BCUT2D eigenvalue weighted by molar-refractivity contribution is 8.22. The Bertz CT molecular complexity index is 413. The van der Waals surface area contributed by atoms with E-state index >= 15 is 0 Å². The van der Waals surface area contributed by atoms with E-state index in [0.29, 0.717) is 30.1 Å². The van der Waals surface area contributed by atoms with Gasteiger partial charge in [-0.1, -0.05) is 30.6 Å². The molecular formula is C13H19NO7S2. The molecule has 0 aromatic heterocycles. The Kier molecular flexibility index (Phi) is 10.4. The molecule has 0 radical (unpaired) electrons. The summed E-state index contributed by atoms with van der Waals surface area (Å²) in [6.45, 7) is 4.65. The normalized spacial score (nSPS) is 14.6. The quantitative estimate of drug-likeness (QED) is 0.289. The number of ether oxygens (including phenoxy) is 5. The molecule has 8 nitrogen and oxygen atoms in total. The standard InChI is InChI=1S/C13H19NO7S2/c1-2-11(15)19-3-4-20-13(16)21-5-6-23-12(22)14-10-7-17-9-18-8-10/h2,10H,1,3-9H2,(H,14,22). The van der Waals surface area contributed by atoms with Crippen LogP contribution in [-0.4, -0.2) is 68.1 Å². The Morgan fingerprint density at radius 3 is 2.57 bits per heavy atom. The van der Waals surface area contributed by atoms with Crippen molar-refractivity contribution in [3.63, 3.8) is 0 Å². The van der Waals surface area contributed by atoms with Crippen molar-refractivity contribution in [1.29, 1.82) is 0 Å². The molecular weight excluding hydrogens is 346 g/mol. The fourth-order valence-electron chi connectivity index (χ4n) is 1.41. The maximum atomic E-state index is 11.2. The summed E-state index contributed by atoms with van der Waals surface area (Å²) in [5.74, 6) is -0.0889. The van der Waals surface area contributed by atoms with E-state index in [2.05, 4.69) is 16.6 Å². The lowest BCUT2D eigenvalue weighted by molar-refractivity contribution is -0.138. The van der Waals surface area contributed by atoms with Gasteiger partial charge in [0.2, 0.25) is 0 Å². The summed E-state index contributed by atoms with van der Waals surface area (Å²) in [6.07, 6.45) is 0.200. The van der Waals surface area contributed by atoms with Crippen LogP contribution in [0.4, 0.5) is 4.79 Å². The average molecular weight is 365 g/mol. The summed E-state index contributed by atoms with van der Waals surface area (Å²) in [5.41, 5.74) is 0. The van der Waals surface area contributed by atoms with Gasteiger partial charge in [-0.05, 0) is 0 Å². The van der Waals surface area contributed by atoms with Crippen molar-refractivity contribution in [2.75, 3.05) is 45.6 Å². The monoisotopic (exact) mass is 365 g/mol. The van der Waals surface area contributed by atoms with Crippen molar-refractivity contribution in [3.8, 4) is 0 Å². The van der Waals surface area contributed by atoms with Gasteiger partial charge >= 0.3 is 12.1 Å². The van der Waals surface area contributed by atoms with E-state index in [1.54, 1.807) is 0 Å². The molecule has 1 rings (SSSR count). The van der Waals surface area contributed by atoms with Gasteiger partial charge in [0.15, 0.2) is 0 Å². The van der Waals surface area contributed by atoms with E-state index in [0.717, 1.165) is 6.08 Å². The van der Waals surface area contributed by atoms with Crippen molar-refractivity contribution in [1.82, 2.24) is 5.32 Å². The third-order valence-corrected chi connectivity index (χ3v) is 3.60. The van der Waals surface area contributed by atoms with Crippen molar-refractivity contribution in [3.05, 3.63) is 12.7 Å². The van der Waals surface area contributed by atoms with Crippen molar-refractivity contribution in [2.24, 2.45) is 0 Å². The van der Waals surface area contributed by atoms with Gasteiger partial charge in [-0.3, -0.25) is 0 Å². The minimum atomic E-state index is -0.826. The second kappa shape index (κ2) is 12.1. The largest absolute Gasteiger partial charge is 0.508 e. The molecule has 1 saturated heterocycles. The Hall–Kier alpha value is -1.36. The van der Waals surface area contributed by atoms with Crippen molar-refractivity contribution >= 4 is 40.4 Å². The molecule has 0 aromatic rings. The van der Waals surface area contributed by atoms with Crippen LogP contribution in [0.15, 0.2) is 12.7 Å². The number of hydrogen-bond donors (Lipinski definition) is 1. The van der Waals surface area contributed by atoms with E-state index in [1.165, 1.54) is 11.8 Å². The average Bonchev–Trinajstić information content (AvgIpc) is 2.56. The second-order valence-corrected chi connectivity index (χ2v) is 5.93. The first kappa shape index (κ1) is 19.7. The Morgan fingerprint density at radius 2 is 1.87 bits per heavy atom. The van der Waals surface area contributed by atoms with Crippen LogP contribution >= 0.6 is 24.0 Å². The molecule has 23 heavy (non-hydrogen) atoms. The predicted molar refractivity (Wildman–Crippen MR) is 87.2 cm³/mol. The van der Waals surface area contributed by atoms with E-state index in [1.807, 2.05) is 0 Å². The number of hydrogen-bond acceptors (Lipinski definition) is 9. The zero-order chi connectivity index (χ0) is 16.9. The van der Waals surface area contributed by atoms with Gasteiger partial charge in [0.05, 0.1) is 19.3 Å². The molecule has 0 aromatic carbocycles. The zero-order valence-corrected chi connectivity index (χ0v) is 14.1. The van der Waals surface area contributed by atoms with Gasteiger partial charge < -0.3 is 29.0 Å². The number of thioether (sulfide) groups is 1. The summed E-state index contributed by atoms with van der Waals surface area (Å²) < 4.78 is 25.0. The lowest BCUT2D eigenvalue weighted by Crippen LogP contribution is -2.43. The molecule has 0 saturated carbocycles. The molecule has 1 aliphatic rings. The lowest BCUT2D eigenvalue weighted by atomic mass is 10.3. The molecule has 0 atom stereocenters. The number of carbonyl (C=O) groups is 2. The van der Waals surface area contributed by atoms with Crippen LogP contribution in [0.1, 0.15) is 0 Å². The summed E-state index contributed by atoms with van der Waals surface area (Å²) in [7, 11) is 0. The fourth-order valence-corrected chi connectivity index (χ4v) is 2.43. The van der Waals surface area contributed by atoms with Crippen LogP contribution in [0.5, 0.6) is 0 Å². The maximum absolute atomic E-state index is 11.2. The fraction of sp³-hybridized carbons (Fsp3) is 0.615. The van der Waals surface area contributed by atoms with Crippen LogP contribution in [0.25, 0.3) is 0 Å². The minimum Gasteiger partial charge on any atom is -0.459 e. The van der Waals surface area contributed by atoms with Gasteiger partial charge in [0.25, 0.3) is 0 Å². The molecule has 1 fully saturated rings. The van der Waals surface area contributed by atoms with Crippen molar-refractivity contribution < 1.29 is 33.3 Å². The van der Waals surface area contributed by atoms with E-state index < -0.39 is 12.1 Å². The smallest absolute Gasteiger partial charge is 0.459 e. The van der Waals surface area contributed by atoms with Gasteiger partial charge in [-0.15, -0.1) is 0 Å². The van der Waals surface area contributed by atoms with Gasteiger partial charge in [0, 0.05) is 11.8 Å². The van der Waals surface area contributed by atoms with Crippen LogP contribution in [-0.2, 0) is 28.5 Å². The van der Waals surface area contributed by atoms with Gasteiger partial charge in [0.1, 0.15) is 30.9 Å². The molecule has 1 heterocycles. The number of nitrogens with one attached hydrogen (secondary N) is 1. The number of thiocarbonyl (C=S) groups is 1. The Balaban J connectivity index is 1.96. The molecule has 0 aliphatic carbocycles. The van der Waals surface area contributed by atoms with Crippen LogP contribution in [0, 0.1) is 0 Å². The molecule has 10 heteroatoms. The third kappa shape index (κ3) is 10.1. The molecule has 1 aliphatic heterocycles. The van der Waals surface area contributed by atoms with E-state index in [-0.39, 0.29) is 25.9 Å². The molecule has 1 N–H and O–H groups in total. The highest BCUT2D eigenvalue weighted by Crippen LogP contribution is 2.05. The zero-order valence-electron chi connectivity index (χ0n) is 12.5. The van der Waals surface area contributed by atoms with Crippen LogP contribution in [0.3, 0.4) is 0 Å². The summed E-state index contributed by atoms with van der Waals surface area (Å²) in [6, 6.07) is 0.0351. The SMILES string of the molecule is C=CC(=O)OCCOC(=O)OCCSC(=S)NC1COCOC1. The Morgan fingerprint density at radius 1 is 1.22 bits per heavy atom. The molecule has 0 unspecified atom stereocenters. The van der Waals surface area contributed by atoms with E-state index in [9.17, 15) is 9.59 Å². The molecule has 0 bridgehead atoms. The van der Waals surface area contributed by atoms with Crippen molar-refractivity contribution in [2.45, 2.75) is 6.04 Å². The molecule has 130 valence electrons. The lowest BCUT2D eigenvalue weighted by Gasteiger charge is -2.24. The second-order valence-electron chi connectivity index (χ2n) is 4.16. The predicted octanol–water partition coefficient (Wildman–Crippen LogP) is 0.849. The number of esters is 1. The first-order valence-corrected chi connectivity index (χ1v) is 8.18. The third-order valence-electron chi connectivity index (χ3n) is 2.38. The summed E-state index contributed by atoms with van der Waals surface area (Å²) in [5, 5.41) is 3.08. The number of carbonyl (C=O) groups excluding carboxylic acids is 2. The van der Waals surface area contributed by atoms with Crippen LogP contribution < -0.4 is 5.32 Å². The molecule has 0 amide bonds. The topological polar surface area (TPSA) is 92.3 Å². The first-order chi connectivity index (χ1) is 11.1. The molecule has 0 spiro atoms. The summed E-state index contributed by atoms with van der Waals surface area (Å²) in [4.78, 5) is 21.9. The first-order valence-electron chi connectivity index (χ1n) is 6.79. The highest BCUT2D eigenvalue weighted by atomic mass is 32.2. The Labute approximate surface area is 143 Å². The maximum Gasteiger partial charge on any atom is 0.508 e. The van der Waals surface area contributed by atoms with Crippen LogP contribution in [0.2, 0.25) is 0 Å². The highest BCUT2D eigenvalue weighted by Gasteiger charge is 2.15. The number of rotatable bonds is 8.